The molecular formula is C19H23FN2O2. The van der Waals surface area contributed by atoms with Gasteiger partial charge in [0.25, 0.3) is 0 Å². The van der Waals surface area contributed by atoms with Gasteiger partial charge in [-0.3, -0.25) is 9.59 Å². The summed E-state index contributed by atoms with van der Waals surface area (Å²) in [5.74, 6) is -0.107. The van der Waals surface area contributed by atoms with Gasteiger partial charge in [0.05, 0.1) is 12.6 Å². The van der Waals surface area contributed by atoms with Crippen LogP contribution < -0.4 is 0 Å². The number of nitrogens with zero attached hydrogens (tertiary/aromatic N) is 2. The van der Waals surface area contributed by atoms with E-state index in [-0.39, 0.29) is 36.1 Å². The van der Waals surface area contributed by atoms with Crippen LogP contribution in [-0.4, -0.2) is 41.2 Å². The summed E-state index contributed by atoms with van der Waals surface area (Å²) >= 11 is 0. The third-order valence-electron chi connectivity index (χ3n) is 5.77. The minimum Gasteiger partial charge on any atom is -0.332 e. The summed E-state index contributed by atoms with van der Waals surface area (Å²) in [5.41, 5.74) is 1.97. The van der Waals surface area contributed by atoms with Crippen LogP contribution in [0.1, 0.15) is 49.3 Å². The quantitative estimate of drug-likeness (QED) is 0.794. The molecule has 1 saturated heterocycles. The highest BCUT2D eigenvalue weighted by Gasteiger charge is 2.40. The van der Waals surface area contributed by atoms with Gasteiger partial charge in [-0.25, -0.2) is 4.39 Å². The molecule has 0 radical (unpaired) electrons. The number of fused-ring (bicyclic) bond motifs is 3. The topological polar surface area (TPSA) is 40.6 Å². The number of hydrogen-bond acceptors (Lipinski definition) is 2. The Kier molecular flexibility index (Phi) is 4.02. The lowest BCUT2D eigenvalue weighted by Crippen LogP contribution is -2.56. The molecule has 2 fully saturated rings. The van der Waals surface area contributed by atoms with Gasteiger partial charge in [-0.15, -0.1) is 0 Å². The first-order valence-corrected chi connectivity index (χ1v) is 9.00. The largest absolute Gasteiger partial charge is 0.332 e. The van der Waals surface area contributed by atoms with E-state index in [2.05, 4.69) is 0 Å². The summed E-state index contributed by atoms with van der Waals surface area (Å²) in [4.78, 5) is 28.9. The Hall–Kier alpha value is -1.91. The second kappa shape index (κ2) is 6.19. The number of carbonyl (C=O) groups is 2. The van der Waals surface area contributed by atoms with Crippen molar-refractivity contribution < 1.29 is 14.0 Å². The van der Waals surface area contributed by atoms with Crippen LogP contribution in [0.15, 0.2) is 18.2 Å². The molecule has 2 aliphatic heterocycles. The van der Waals surface area contributed by atoms with Crippen molar-refractivity contribution in [3.63, 3.8) is 0 Å². The van der Waals surface area contributed by atoms with Gasteiger partial charge in [0, 0.05) is 19.0 Å². The molecule has 0 aromatic heterocycles. The lowest BCUT2D eigenvalue weighted by molar-refractivity contribution is -0.152. The SMILES string of the molecule is O=C(C1CCCCC1)N1CC(=O)N2CCc3ccc(F)cc3C2C1. The van der Waals surface area contributed by atoms with E-state index in [1.54, 1.807) is 4.90 Å². The van der Waals surface area contributed by atoms with E-state index in [0.29, 0.717) is 13.1 Å². The van der Waals surface area contributed by atoms with E-state index < -0.39 is 0 Å². The summed E-state index contributed by atoms with van der Waals surface area (Å²) in [6, 6.07) is 4.63. The molecule has 3 aliphatic rings. The summed E-state index contributed by atoms with van der Waals surface area (Å²) in [5, 5.41) is 0. The Morgan fingerprint density at radius 3 is 2.75 bits per heavy atom. The zero-order valence-electron chi connectivity index (χ0n) is 13.8. The van der Waals surface area contributed by atoms with Crippen molar-refractivity contribution in [1.82, 2.24) is 9.80 Å². The molecule has 5 heteroatoms. The van der Waals surface area contributed by atoms with Crippen LogP contribution in [-0.2, 0) is 16.0 Å². The second-order valence-corrected chi connectivity index (χ2v) is 7.25. The van der Waals surface area contributed by atoms with Crippen LogP contribution in [0.25, 0.3) is 0 Å². The van der Waals surface area contributed by atoms with E-state index in [4.69, 9.17) is 0 Å². The highest BCUT2D eigenvalue weighted by Crippen LogP contribution is 2.35. The molecule has 4 nitrogen and oxygen atoms in total. The van der Waals surface area contributed by atoms with Crippen molar-refractivity contribution in [2.75, 3.05) is 19.6 Å². The summed E-state index contributed by atoms with van der Waals surface area (Å²) in [6.45, 7) is 1.33. The standard InChI is InChI=1S/C19H23FN2O2/c20-15-7-6-13-8-9-22-17(16(13)10-15)11-21(12-18(22)23)19(24)14-4-2-1-3-5-14/h6-7,10,14,17H,1-5,8-9,11-12H2. The van der Waals surface area contributed by atoms with Gasteiger partial charge < -0.3 is 9.80 Å². The molecule has 0 bridgehead atoms. The monoisotopic (exact) mass is 330 g/mol. The molecule has 2 amide bonds. The third kappa shape index (κ3) is 2.70. The van der Waals surface area contributed by atoms with Crippen molar-refractivity contribution in [1.29, 1.82) is 0 Å². The number of rotatable bonds is 1. The first-order valence-electron chi connectivity index (χ1n) is 9.00. The van der Waals surface area contributed by atoms with Gasteiger partial charge in [0.15, 0.2) is 0 Å². The van der Waals surface area contributed by atoms with Crippen molar-refractivity contribution in [2.45, 2.75) is 44.6 Å². The lowest BCUT2D eigenvalue weighted by atomic mass is 9.86. The van der Waals surface area contributed by atoms with Crippen LogP contribution in [0, 0.1) is 11.7 Å². The number of amides is 2. The Labute approximate surface area is 141 Å². The van der Waals surface area contributed by atoms with Crippen molar-refractivity contribution in [2.24, 2.45) is 5.92 Å². The van der Waals surface area contributed by atoms with Gasteiger partial charge in [0.1, 0.15) is 5.82 Å². The maximum atomic E-state index is 13.7. The van der Waals surface area contributed by atoms with Crippen molar-refractivity contribution in [3.05, 3.63) is 35.1 Å². The van der Waals surface area contributed by atoms with Gasteiger partial charge in [-0.2, -0.15) is 0 Å². The van der Waals surface area contributed by atoms with Gasteiger partial charge >= 0.3 is 0 Å². The smallest absolute Gasteiger partial charge is 0.242 e. The van der Waals surface area contributed by atoms with Crippen molar-refractivity contribution in [3.8, 4) is 0 Å². The molecule has 24 heavy (non-hydrogen) atoms. The van der Waals surface area contributed by atoms with Gasteiger partial charge in [0.2, 0.25) is 11.8 Å². The maximum Gasteiger partial charge on any atom is 0.242 e. The minimum atomic E-state index is -0.279. The molecule has 1 saturated carbocycles. The predicted molar refractivity (Wildman–Crippen MR) is 87.7 cm³/mol. The zero-order valence-corrected chi connectivity index (χ0v) is 13.8. The molecule has 128 valence electrons. The average Bonchev–Trinajstić information content (AvgIpc) is 2.61. The Morgan fingerprint density at radius 1 is 1.17 bits per heavy atom. The summed E-state index contributed by atoms with van der Waals surface area (Å²) in [6.07, 6.45) is 6.02. The molecule has 0 N–H and O–H groups in total. The fourth-order valence-corrected chi connectivity index (χ4v) is 4.47. The first-order chi connectivity index (χ1) is 11.6. The molecule has 1 aromatic carbocycles. The molecule has 1 atom stereocenters. The number of hydrogen-bond donors (Lipinski definition) is 0. The van der Waals surface area contributed by atoms with Crippen LogP contribution in [0.3, 0.4) is 0 Å². The predicted octanol–water partition coefficient (Wildman–Crippen LogP) is 2.67. The van der Waals surface area contributed by atoms with Gasteiger partial charge in [-0.1, -0.05) is 25.3 Å². The minimum absolute atomic E-state index is 0.00896. The number of carbonyl (C=O) groups excluding carboxylic acids is 2. The molecule has 0 spiro atoms. The number of halogens is 1. The first kappa shape index (κ1) is 15.6. The van der Waals surface area contributed by atoms with E-state index in [1.165, 1.54) is 18.6 Å². The Bertz CT molecular complexity index is 669. The summed E-state index contributed by atoms with van der Waals surface area (Å²) < 4.78 is 13.7. The summed E-state index contributed by atoms with van der Waals surface area (Å²) in [7, 11) is 0. The lowest BCUT2D eigenvalue weighted by Gasteiger charge is -2.45. The molecule has 2 heterocycles. The Balaban J connectivity index is 1.59. The van der Waals surface area contributed by atoms with E-state index in [0.717, 1.165) is 43.2 Å². The number of piperazine rings is 1. The van der Waals surface area contributed by atoms with Crippen molar-refractivity contribution >= 4 is 11.8 Å². The zero-order chi connectivity index (χ0) is 16.7. The average molecular weight is 330 g/mol. The van der Waals surface area contributed by atoms with E-state index in [1.807, 2.05) is 11.0 Å². The molecule has 4 rings (SSSR count). The van der Waals surface area contributed by atoms with Crippen LogP contribution >= 0.6 is 0 Å². The van der Waals surface area contributed by atoms with Crippen LogP contribution in [0.5, 0.6) is 0 Å². The third-order valence-corrected chi connectivity index (χ3v) is 5.77. The van der Waals surface area contributed by atoms with E-state index in [9.17, 15) is 14.0 Å². The maximum absolute atomic E-state index is 13.7. The molecule has 1 aliphatic carbocycles. The van der Waals surface area contributed by atoms with E-state index >= 15 is 0 Å². The Morgan fingerprint density at radius 2 is 1.96 bits per heavy atom. The highest BCUT2D eigenvalue weighted by atomic mass is 19.1. The van der Waals surface area contributed by atoms with Crippen LogP contribution in [0.2, 0.25) is 0 Å². The number of benzene rings is 1. The fraction of sp³-hybridized carbons (Fsp3) is 0.579. The molecule has 1 aromatic rings. The van der Waals surface area contributed by atoms with Crippen LogP contribution in [0.4, 0.5) is 4.39 Å². The molecule has 1 unspecified atom stereocenters. The normalized spacial score (nSPS) is 24.5. The molecular weight excluding hydrogens is 307 g/mol. The second-order valence-electron chi connectivity index (χ2n) is 7.25. The van der Waals surface area contributed by atoms with Gasteiger partial charge in [-0.05, 0) is 42.5 Å². The highest BCUT2D eigenvalue weighted by molar-refractivity contribution is 5.87. The fourth-order valence-electron chi connectivity index (χ4n) is 4.47.